The number of anilines is 1. The number of carbonyl (C=O) groups is 1. The number of benzene rings is 2. The first-order chi connectivity index (χ1) is 11.0. The molecule has 9 heteroatoms. The summed E-state index contributed by atoms with van der Waals surface area (Å²) in [4.78, 5) is 13.2. The molecule has 1 amide bonds. The molecule has 8 nitrogen and oxygen atoms in total. The van der Waals surface area contributed by atoms with Gasteiger partial charge in [-0.1, -0.05) is 24.3 Å². The third kappa shape index (κ3) is 3.91. The average Bonchev–Trinajstić information content (AvgIpc) is 2.50. The molecule has 0 spiro atoms. The minimum absolute atomic E-state index is 0.0432. The molecule has 0 fully saturated rings. The molecule has 0 aliphatic carbocycles. The smallest absolute Gasteiger partial charge is 0.264 e. The molecule has 2 rings (SSSR count). The van der Waals surface area contributed by atoms with Gasteiger partial charge in [-0.2, -0.15) is 0 Å². The van der Waals surface area contributed by atoms with Gasteiger partial charge >= 0.3 is 0 Å². The van der Waals surface area contributed by atoms with E-state index in [1.54, 1.807) is 30.3 Å². The normalized spacial score (nSPS) is 10.8. The summed E-state index contributed by atoms with van der Waals surface area (Å²) in [7, 11) is -4.07. The Bertz CT molecular complexity index is 888. The van der Waals surface area contributed by atoms with Crippen molar-refractivity contribution >= 4 is 32.4 Å². The molecule has 0 saturated heterocycles. The summed E-state index contributed by atoms with van der Waals surface area (Å²) in [6.07, 6.45) is 0. The van der Waals surface area contributed by atoms with Gasteiger partial charge in [0.2, 0.25) is 5.91 Å². The van der Waals surface area contributed by atoms with Crippen LogP contribution < -0.4 is 10.6 Å². The lowest BCUT2D eigenvalue weighted by molar-refractivity contribution is -0.118. The second kappa shape index (κ2) is 6.99. The number of rotatable bonds is 6. The number of sulfonamides is 1. The van der Waals surface area contributed by atoms with Crippen LogP contribution >= 0.6 is 0 Å². The van der Waals surface area contributed by atoms with E-state index in [0.717, 1.165) is 5.69 Å². The number of fused-ring (bicyclic) bond motifs is 1. The highest BCUT2D eigenvalue weighted by Crippen LogP contribution is 2.29. The van der Waals surface area contributed by atoms with Crippen molar-refractivity contribution in [3.8, 4) is 0 Å². The zero-order chi connectivity index (χ0) is 16.9. The van der Waals surface area contributed by atoms with Crippen LogP contribution in [0.1, 0.15) is 6.92 Å². The molecule has 23 heavy (non-hydrogen) atoms. The Hall–Kier alpha value is -2.77. The second-order valence-electron chi connectivity index (χ2n) is 4.71. The van der Waals surface area contributed by atoms with Gasteiger partial charge in [0.15, 0.2) is 0 Å². The molecular formula is C14H15N5O3S. The Kier molecular flexibility index (Phi) is 5.05. The fourth-order valence-electron chi connectivity index (χ4n) is 2.19. The Balaban J connectivity index is 2.39. The molecule has 2 N–H and O–H groups in total. The van der Waals surface area contributed by atoms with Crippen LogP contribution in [0.25, 0.3) is 21.2 Å². The molecule has 2 aromatic carbocycles. The van der Waals surface area contributed by atoms with E-state index in [9.17, 15) is 13.2 Å². The molecule has 0 aliphatic rings. The first-order valence-corrected chi connectivity index (χ1v) is 8.21. The van der Waals surface area contributed by atoms with Crippen LogP contribution in [0.15, 0.2) is 45.8 Å². The lowest BCUT2D eigenvalue weighted by Gasteiger charge is -2.11. The lowest BCUT2D eigenvalue weighted by atomic mass is 10.1. The van der Waals surface area contributed by atoms with Crippen molar-refractivity contribution in [1.29, 1.82) is 0 Å². The maximum atomic E-state index is 12.0. The van der Waals surface area contributed by atoms with Crippen LogP contribution in [0, 0.1) is 0 Å². The number of hydrogen-bond acceptors (Lipinski definition) is 4. The molecule has 0 saturated carbocycles. The van der Waals surface area contributed by atoms with E-state index < -0.39 is 10.0 Å². The van der Waals surface area contributed by atoms with E-state index in [-0.39, 0.29) is 10.8 Å². The maximum absolute atomic E-state index is 12.0. The van der Waals surface area contributed by atoms with Crippen molar-refractivity contribution in [2.45, 2.75) is 11.8 Å². The van der Waals surface area contributed by atoms with Gasteiger partial charge in [0, 0.05) is 45.9 Å². The molecule has 0 atom stereocenters. The largest absolute Gasteiger partial charge is 0.383 e. The summed E-state index contributed by atoms with van der Waals surface area (Å²) >= 11 is 0. The Morgan fingerprint density at radius 2 is 1.87 bits per heavy atom. The first-order valence-electron chi connectivity index (χ1n) is 6.77. The summed E-state index contributed by atoms with van der Waals surface area (Å²) in [6.45, 7) is 2.37. The molecule has 0 radical (unpaired) electrons. The number of carbonyl (C=O) groups excluding carboxylic acids is 1. The van der Waals surface area contributed by atoms with Crippen molar-refractivity contribution in [3.05, 3.63) is 46.8 Å². The molecule has 0 unspecified atom stereocenters. The lowest BCUT2D eigenvalue weighted by Crippen LogP contribution is -2.26. The Labute approximate surface area is 133 Å². The number of hydrogen-bond donors (Lipinski definition) is 2. The van der Waals surface area contributed by atoms with Crippen LogP contribution in [-0.4, -0.2) is 27.4 Å². The fourth-order valence-corrected chi connectivity index (χ4v) is 3.08. The van der Waals surface area contributed by atoms with Gasteiger partial charge in [-0.25, -0.2) is 8.42 Å². The molecule has 120 valence electrons. The molecule has 0 aromatic heterocycles. The predicted molar refractivity (Wildman–Crippen MR) is 87.5 cm³/mol. The standard InChI is InChI=1S/C14H15N5O3S/c1-10(20)16-8-9-17-13-6-2-5-12-11(13)4-3-7-14(12)23(21,22)19-18-15/h2-7,17H,8-9H2,1H3,(H,16,20). The molecule has 0 heterocycles. The highest BCUT2D eigenvalue weighted by molar-refractivity contribution is 7.90. The summed E-state index contributed by atoms with van der Waals surface area (Å²) in [5.41, 5.74) is 9.14. The van der Waals surface area contributed by atoms with E-state index in [1.807, 2.05) is 0 Å². The zero-order valence-electron chi connectivity index (χ0n) is 12.4. The predicted octanol–water partition coefficient (Wildman–Crippen LogP) is 2.39. The van der Waals surface area contributed by atoms with E-state index in [2.05, 4.69) is 20.1 Å². The minimum Gasteiger partial charge on any atom is -0.383 e. The molecule has 0 bridgehead atoms. The maximum Gasteiger partial charge on any atom is 0.264 e. The van der Waals surface area contributed by atoms with Gasteiger partial charge in [-0.05, 0) is 17.7 Å². The quantitative estimate of drug-likeness (QED) is 0.364. The summed E-state index contributed by atoms with van der Waals surface area (Å²) in [5.74, 6) is -0.118. The number of amides is 1. The molecule has 0 aliphatic heterocycles. The number of nitrogens with zero attached hydrogens (tertiary/aromatic N) is 3. The van der Waals surface area contributed by atoms with Crippen LogP contribution in [0.4, 0.5) is 5.69 Å². The van der Waals surface area contributed by atoms with Crippen molar-refractivity contribution in [3.63, 3.8) is 0 Å². The van der Waals surface area contributed by atoms with Gasteiger partial charge in [0.1, 0.15) is 0 Å². The van der Waals surface area contributed by atoms with Gasteiger partial charge in [0.25, 0.3) is 10.0 Å². The van der Waals surface area contributed by atoms with Gasteiger partial charge in [-0.15, -0.1) is 0 Å². The second-order valence-corrected chi connectivity index (χ2v) is 6.27. The van der Waals surface area contributed by atoms with Crippen molar-refractivity contribution in [2.75, 3.05) is 18.4 Å². The van der Waals surface area contributed by atoms with E-state index >= 15 is 0 Å². The van der Waals surface area contributed by atoms with Gasteiger partial charge < -0.3 is 10.6 Å². The van der Waals surface area contributed by atoms with Gasteiger partial charge in [-0.3, -0.25) is 4.79 Å². The van der Waals surface area contributed by atoms with E-state index in [4.69, 9.17) is 5.53 Å². The summed E-state index contributed by atoms with van der Waals surface area (Å²) in [6, 6.07) is 9.91. The SMILES string of the molecule is CC(=O)NCCNc1cccc2c(S(=O)(=O)N=[N+]=[N-])cccc12. The summed E-state index contributed by atoms with van der Waals surface area (Å²) in [5, 5.41) is 6.95. The summed E-state index contributed by atoms with van der Waals surface area (Å²) < 4.78 is 26.9. The van der Waals surface area contributed by atoms with Gasteiger partial charge in [0.05, 0.1) is 4.90 Å². The minimum atomic E-state index is -4.07. The van der Waals surface area contributed by atoms with Crippen LogP contribution in [0.5, 0.6) is 0 Å². The fraction of sp³-hybridized carbons (Fsp3) is 0.214. The molecular weight excluding hydrogens is 318 g/mol. The van der Waals surface area contributed by atoms with E-state index in [1.165, 1.54) is 13.0 Å². The topological polar surface area (TPSA) is 124 Å². The van der Waals surface area contributed by atoms with Crippen LogP contribution in [0.3, 0.4) is 0 Å². The van der Waals surface area contributed by atoms with E-state index in [0.29, 0.717) is 23.9 Å². The monoisotopic (exact) mass is 333 g/mol. The highest BCUT2D eigenvalue weighted by atomic mass is 32.2. The zero-order valence-corrected chi connectivity index (χ0v) is 13.2. The Morgan fingerprint density at radius 1 is 1.17 bits per heavy atom. The van der Waals surface area contributed by atoms with Crippen LogP contribution in [-0.2, 0) is 14.8 Å². The average molecular weight is 333 g/mol. The third-order valence-electron chi connectivity index (χ3n) is 3.12. The van der Waals surface area contributed by atoms with Crippen molar-refractivity contribution in [2.24, 2.45) is 4.52 Å². The van der Waals surface area contributed by atoms with Crippen LogP contribution in [0.2, 0.25) is 0 Å². The third-order valence-corrected chi connectivity index (χ3v) is 4.32. The molecule has 2 aromatic rings. The highest BCUT2D eigenvalue weighted by Gasteiger charge is 2.16. The van der Waals surface area contributed by atoms with Crippen molar-refractivity contribution in [1.82, 2.24) is 5.32 Å². The number of nitrogens with one attached hydrogen (secondary N) is 2. The number of azide groups is 1. The first kappa shape index (κ1) is 16.6. The Morgan fingerprint density at radius 3 is 2.57 bits per heavy atom. The van der Waals surface area contributed by atoms with Crippen molar-refractivity contribution < 1.29 is 13.2 Å².